The summed E-state index contributed by atoms with van der Waals surface area (Å²) >= 11 is 7.65. The third-order valence-corrected chi connectivity index (χ3v) is 5.59. The highest BCUT2D eigenvalue weighted by atomic mass is 35.5. The van der Waals surface area contributed by atoms with Crippen LogP contribution in [-0.4, -0.2) is 38.9 Å². The third-order valence-electron chi connectivity index (χ3n) is 4.56. The number of carbonyl (C=O) groups excluding carboxylic acids is 1. The van der Waals surface area contributed by atoms with Gasteiger partial charge in [0.2, 0.25) is 5.91 Å². The molecule has 0 aliphatic rings. The van der Waals surface area contributed by atoms with Crippen LogP contribution in [0.4, 0.5) is 0 Å². The van der Waals surface area contributed by atoms with E-state index in [2.05, 4.69) is 10.1 Å². The molecule has 8 heteroatoms. The zero-order chi connectivity index (χ0) is 20.2. The van der Waals surface area contributed by atoms with E-state index in [1.807, 2.05) is 52.4 Å². The molecule has 6 nitrogen and oxygen atoms in total. The Hall–Kier alpha value is -2.90. The SMILES string of the molecule is CN(CCCc1cc(-c2ccccc2)no1)C(=O)/C=C/c1c(Cl)nc2sccn12. The molecule has 0 aliphatic carbocycles. The lowest BCUT2D eigenvalue weighted by Gasteiger charge is -2.14. The molecule has 0 radical (unpaired) electrons. The van der Waals surface area contributed by atoms with Crippen molar-refractivity contribution in [3.8, 4) is 11.3 Å². The Morgan fingerprint density at radius 3 is 3.00 bits per heavy atom. The van der Waals surface area contributed by atoms with Crippen LogP contribution in [0.2, 0.25) is 5.15 Å². The Morgan fingerprint density at radius 2 is 2.17 bits per heavy atom. The van der Waals surface area contributed by atoms with Gasteiger partial charge in [-0.15, -0.1) is 11.3 Å². The minimum atomic E-state index is -0.0891. The first-order valence-electron chi connectivity index (χ1n) is 9.17. The van der Waals surface area contributed by atoms with Gasteiger partial charge in [0.1, 0.15) is 11.5 Å². The van der Waals surface area contributed by atoms with Gasteiger partial charge in [-0.05, 0) is 12.5 Å². The quantitative estimate of drug-likeness (QED) is 0.398. The first-order valence-corrected chi connectivity index (χ1v) is 10.4. The Labute approximate surface area is 177 Å². The molecule has 0 N–H and O–H groups in total. The van der Waals surface area contributed by atoms with Crippen molar-refractivity contribution in [2.75, 3.05) is 13.6 Å². The molecule has 4 rings (SSSR count). The summed E-state index contributed by atoms with van der Waals surface area (Å²) in [4.78, 5) is 19.1. The van der Waals surface area contributed by atoms with Gasteiger partial charge in [-0.3, -0.25) is 9.20 Å². The number of rotatable bonds is 7. The molecular formula is C21H19ClN4O2S. The summed E-state index contributed by atoms with van der Waals surface area (Å²) in [5, 5.41) is 6.44. The normalized spacial score (nSPS) is 11.5. The van der Waals surface area contributed by atoms with Gasteiger partial charge in [-0.2, -0.15) is 0 Å². The fourth-order valence-corrected chi connectivity index (χ4v) is 3.99. The Bertz CT molecular complexity index is 1150. The topological polar surface area (TPSA) is 63.6 Å². The van der Waals surface area contributed by atoms with Crippen molar-refractivity contribution in [2.24, 2.45) is 0 Å². The van der Waals surface area contributed by atoms with Crippen LogP contribution in [0.5, 0.6) is 0 Å². The Morgan fingerprint density at radius 1 is 1.34 bits per heavy atom. The van der Waals surface area contributed by atoms with Gasteiger partial charge in [-0.25, -0.2) is 4.98 Å². The summed E-state index contributed by atoms with van der Waals surface area (Å²) in [7, 11) is 1.78. The molecule has 1 aromatic carbocycles. The number of thiazole rings is 1. The zero-order valence-electron chi connectivity index (χ0n) is 15.8. The molecule has 29 heavy (non-hydrogen) atoms. The molecule has 0 fully saturated rings. The fourth-order valence-electron chi connectivity index (χ4n) is 2.98. The van der Waals surface area contributed by atoms with Crippen LogP contribution in [0.3, 0.4) is 0 Å². The van der Waals surface area contributed by atoms with Gasteiger partial charge >= 0.3 is 0 Å². The molecule has 0 saturated heterocycles. The van der Waals surface area contributed by atoms with Crippen LogP contribution in [0.15, 0.2) is 58.6 Å². The average Bonchev–Trinajstić information content (AvgIpc) is 3.44. The van der Waals surface area contributed by atoms with Gasteiger partial charge in [0, 0.05) is 49.3 Å². The largest absolute Gasteiger partial charge is 0.361 e. The van der Waals surface area contributed by atoms with E-state index in [0.29, 0.717) is 23.8 Å². The number of aromatic nitrogens is 3. The fraction of sp³-hybridized carbons (Fsp3) is 0.190. The number of hydrogen-bond acceptors (Lipinski definition) is 5. The van der Waals surface area contributed by atoms with E-state index in [1.165, 1.54) is 17.4 Å². The molecule has 0 aliphatic heterocycles. The van der Waals surface area contributed by atoms with Crippen molar-refractivity contribution in [1.29, 1.82) is 0 Å². The molecule has 3 heterocycles. The van der Waals surface area contributed by atoms with Crippen molar-refractivity contribution in [2.45, 2.75) is 12.8 Å². The predicted molar refractivity (Wildman–Crippen MR) is 115 cm³/mol. The van der Waals surface area contributed by atoms with Gasteiger partial charge in [0.15, 0.2) is 10.1 Å². The Balaban J connectivity index is 1.30. The van der Waals surface area contributed by atoms with E-state index in [1.54, 1.807) is 18.0 Å². The third kappa shape index (κ3) is 4.41. The highest BCUT2D eigenvalue weighted by molar-refractivity contribution is 7.15. The van der Waals surface area contributed by atoms with E-state index in [4.69, 9.17) is 16.1 Å². The number of carbonyl (C=O) groups is 1. The molecule has 3 aromatic heterocycles. The number of hydrogen-bond donors (Lipinski definition) is 0. The highest BCUT2D eigenvalue weighted by Crippen LogP contribution is 2.22. The number of benzene rings is 1. The molecule has 0 unspecified atom stereocenters. The summed E-state index contributed by atoms with van der Waals surface area (Å²) in [6.07, 6.45) is 6.60. The summed E-state index contributed by atoms with van der Waals surface area (Å²) in [5.41, 5.74) is 2.56. The second kappa shape index (κ2) is 8.63. The van der Waals surface area contributed by atoms with E-state index < -0.39 is 0 Å². The van der Waals surface area contributed by atoms with Crippen LogP contribution in [-0.2, 0) is 11.2 Å². The maximum absolute atomic E-state index is 12.4. The van der Waals surface area contributed by atoms with Gasteiger partial charge < -0.3 is 9.42 Å². The summed E-state index contributed by atoms with van der Waals surface area (Å²) in [6.45, 7) is 0.610. The van der Waals surface area contributed by atoms with Crippen molar-refractivity contribution in [3.63, 3.8) is 0 Å². The molecule has 0 atom stereocenters. The maximum Gasteiger partial charge on any atom is 0.246 e. The van der Waals surface area contributed by atoms with Gasteiger partial charge in [-0.1, -0.05) is 47.1 Å². The lowest BCUT2D eigenvalue weighted by molar-refractivity contribution is -0.124. The lowest BCUT2D eigenvalue weighted by Crippen LogP contribution is -2.26. The molecule has 4 aromatic rings. The van der Waals surface area contributed by atoms with Gasteiger partial charge in [0.25, 0.3) is 0 Å². The first-order chi connectivity index (χ1) is 14.1. The summed E-state index contributed by atoms with van der Waals surface area (Å²) in [6, 6.07) is 11.9. The number of halogens is 1. The average molecular weight is 427 g/mol. The number of likely N-dealkylation sites (N-methyl/N-ethyl adjacent to an activating group) is 1. The lowest BCUT2D eigenvalue weighted by atomic mass is 10.1. The smallest absolute Gasteiger partial charge is 0.246 e. The number of imidazole rings is 1. The van der Waals surface area contributed by atoms with Crippen LogP contribution < -0.4 is 0 Å². The van der Waals surface area contributed by atoms with Crippen LogP contribution in [0.25, 0.3) is 22.3 Å². The number of aryl methyl sites for hydroxylation is 1. The van der Waals surface area contributed by atoms with Crippen molar-refractivity contribution in [3.05, 3.63) is 70.7 Å². The maximum atomic E-state index is 12.4. The zero-order valence-corrected chi connectivity index (χ0v) is 17.4. The van der Waals surface area contributed by atoms with Crippen LogP contribution in [0.1, 0.15) is 17.9 Å². The summed E-state index contributed by atoms with van der Waals surface area (Å²) < 4.78 is 7.28. The molecular weight excluding hydrogens is 408 g/mol. The number of amides is 1. The second-order valence-corrected chi connectivity index (χ2v) is 7.82. The van der Waals surface area contributed by atoms with Gasteiger partial charge in [0.05, 0.1) is 5.69 Å². The molecule has 1 amide bonds. The monoisotopic (exact) mass is 426 g/mol. The van der Waals surface area contributed by atoms with E-state index in [9.17, 15) is 4.79 Å². The predicted octanol–water partition coefficient (Wildman–Crippen LogP) is 4.81. The minimum absolute atomic E-state index is 0.0891. The van der Waals surface area contributed by atoms with Crippen LogP contribution >= 0.6 is 22.9 Å². The van der Waals surface area contributed by atoms with Crippen LogP contribution in [0, 0.1) is 0 Å². The number of nitrogens with zero attached hydrogens (tertiary/aromatic N) is 4. The van der Waals surface area contributed by atoms with E-state index in [0.717, 1.165) is 28.4 Å². The standard InChI is InChI=1S/C21H19ClN4O2S/c1-25(19(27)10-9-18-20(22)23-21-26(18)12-13-29-21)11-5-8-16-14-17(24-28-16)15-6-3-2-4-7-15/h2-4,6-7,9-10,12-14H,5,8,11H2,1H3/b10-9+. The molecule has 0 bridgehead atoms. The second-order valence-electron chi connectivity index (χ2n) is 6.58. The minimum Gasteiger partial charge on any atom is -0.361 e. The number of fused-ring (bicyclic) bond motifs is 1. The summed E-state index contributed by atoms with van der Waals surface area (Å²) in [5.74, 6) is 0.722. The Kier molecular flexibility index (Phi) is 5.78. The molecule has 0 saturated carbocycles. The molecule has 0 spiro atoms. The van der Waals surface area contributed by atoms with Crippen molar-refractivity contribution in [1.82, 2.24) is 19.4 Å². The molecule has 148 valence electrons. The highest BCUT2D eigenvalue weighted by Gasteiger charge is 2.11. The van der Waals surface area contributed by atoms with Crippen molar-refractivity contribution >= 4 is 39.9 Å². The first kappa shape index (κ1) is 19.4. The van der Waals surface area contributed by atoms with Crippen molar-refractivity contribution < 1.29 is 9.32 Å². The van der Waals surface area contributed by atoms with E-state index >= 15 is 0 Å². The van der Waals surface area contributed by atoms with E-state index in [-0.39, 0.29) is 5.91 Å².